The predicted octanol–water partition coefficient (Wildman–Crippen LogP) is 2.68. The topological polar surface area (TPSA) is 52.4 Å². The molecule has 1 atom stereocenters. The Balaban J connectivity index is 2.61. The molecule has 0 aliphatic carbocycles. The first-order valence-electron chi connectivity index (χ1n) is 5.38. The lowest BCUT2D eigenvalue weighted by Gasteiger charge is -2.10. The Labute approximate surface area is 95.4 Å². The van der Waals surface area contributed by atoms with Crippen molar-refractivity contribution in [3.05, 3.63) is 39.9 Å². The van der Waals surface area contributed by atoms with Crippen LogP contribution in [0.15, 0.2) is 24.3 Å². The van der Waals surface area contributed by atoms with Gasteiger partial charge in [0.1, 0.15) is 5.75 Å². The second-order valence-electron chi connectivity index (χ2n) is 4.15. The molecule has 88 valence electrons. The zero-order valence-electron chi connectivity index (χ0n) is 9.84. The Hall–Kier alpha value is -1.58. The van der Waals surface area contributed by atoms with Crippen LogP contribution in [0.25, 0.3) is 0 Å². The molecular formula is C12H17NO3. The lowest BCUT2D eigenvalue weighted by molar-refractivity contribution is -0.517. The monoisotopic (exact) mass is 223 g/mol. The highest BCUT2D eigenvalue weighted by atomic mass is 16.6. The summed E-state index contributed by atoms with van der Waals surface area (Å²) in [5.41, 5.74) is 0.959. The van der Waals surface area contributed by atoms with Crippen molar-refractivity contribution in [2.45, 2.75) is 39.3 Å². The summed E-state index contributed by atoms with van der Waals surface area (Å²) in [4.78, 5) is 10.2. The smallest absolute Gasteiger partial charge is 0.214 e. The Morgan fingerprint density at radius 3 is 2.25 bits per heavy atom. The van der Waals surface area contributed by atoms with Gasteiger partial charge in [0, 0.05) is 18.3 Å². The maximum absolute atomic E-state index is 10.5. The SMILES string of the molecule is CC(C)Oc1ccc(CC(C)[N+](=O)[O-])cc1. The normalized spacial score (nSPS) is 12.5. The molecule has 0 fully saturated rings. The molecule has 0 aliphatic heterocycles. The Bertz CT molecular complexity index is 346. The molecule has 0 aromatic heterocycles. The van der Waals surface area contributed by atoms with Gasteiger partial charge in [-0.05, 0) is 31.5 Å². The molecule has 0 saturated carbocycles. The summed E-state index contributed by atoms with van der Waals surface area (Å²) in [5.74, 6) is 0.799. The maximum Gasteiger partial charge on any atom is 0.214 e. The van der Waals surface area contributed by atoms with Crippen LogP contribution in [0.3, 0.4) is 0 Å². The number of nitro groups is 1. The van der Waals surface area contributed by atoms with Crippen molar-refractivity contribution < 1.29 is 9.66 Å². The number of rotatable bonds is 5. The van der Waals surface area contributed by atoms with E-state index in [2.05, 4.69) is 0 Å². The van der Waals surface area contributed by atoms with E-state index in [9.17, 15) is 10.1 Å². The molecule has 0 saturated heterocycles. The number of hydrogen-bond acceptors (Lipinski definition) is 3. The molecule has 0 spiro atoms. The van der Waals surface area contributed by atoms with E-state index in [1.807, 2.05) is 38.1 Å². The minimum absolute atomic E-state index is 0.142. The van der Waals surface area contributed by atoms with Crippen LogP contribution in [0.1, 0.15) is 26.3 Å². The van der Waals surface area contributed by atoms with Gasteiger partial charge in [0.2, 0.25) is 6.04 Å². The minimum atomic E-state index is -0.545. The van der Waals surface area contributed by atoms with Crippen molar-refractivity contribution in [1.82, 2.24) is 0 Å². The number of ether oxygens (including phenoxy) is 1. The van der Waals surface area contributed by atoms with Gasteiger partial charge in [-0.3, -0.25) is 10.1 Å². The lowest BCUT2D eigenvalue weighted by Crippen LogP contribution is -2.17. The van der Waals surface area contributed by atoms with Crippen molar-refractivity contribution in [3.8, 4) is 5.75 Å². The zero-order valence-corrected chi connectivity index (χ0v) is 9.84. The first-order chi connectivity index (χ1) is 7.49. The molecule has 0 amide bonds. The molecule has 1 unspecified atom stereocenters. The summed E-state index contributed by atoms with van der Waals surface area (Å²) in [6, 6.07) is 6.90. The van der Waals surface area contributed by atoms with Crippen LogP contribution in [0.5, 0.6) is 5.75 Å². The van der Waals surface area contributed by atoms with Crippen molar-refractivity contribution in [3.63, 3.8) is 0 Å². The highest BCUT2D eigenvalue weighted by molar-refractivity contribution is 5.27. The third-order valence-electron chi connectivity index (χ3n) is 2.19. The molecule has 1 aromatic rings. The third kappa shape index (κ3) is 3.88. The number of nitrogens with zero attached hydrogens (tertiary/aromatic N) is 1. The van der Waals surface area contributed by atoms with E-state index < -0.39 is 6.04 Å². The standard InChI is InChI=1S/C12H17NO3/c1-9(2)16-12-6-4-11(5-7-12)8-10(3)13(14)15/h4-7,9-10H,8H2,1-3H3. The van der Waals surface area contributed by atoms with E-state index in [1.54, 1.807) is 6.92 Å². The van der Waals surface area contributed by atoms with Crippen LogP contribution in [-0.4, -0.2) is 17.1 Å². The maximum atomic E-state index is 10.5. The van der Waals surface area contributed by atoms with E-state index in [-0.39, 0.29) is 11.0 Å². The van der Waals surface area contributed by atoms with Crippen LogP contribution in [0.2, 0.25) is 0 Å². The van der Waals surface area contributed by atoms with E-state index in [4.69, 9.17) is 4.74 Å². The molecule has 0 N–H and O–H groups in total. The van der Waals surface area contributed by atoms with E-state index in [0.29, 0.717) is 6.42 Å². The van der Waals surface area contributed by atoms with E-state index >= 15 is 0 Å². The molecule has 0 radical (unpaired) electrons. The van der Waals surface area contributed by atoms with Crippen LogP contribution in [-0.2, 0) is 6.42 Å². The first-order valence-corrected chi connectivity index (χ1v) is 5.38. The van der Waals surface area contributed by atoms with Crippen molar-refractivity contribution in [1.29, 1.82) is 0 Å². The quantitative estimate of drug-likeness (QED) is 0.569. The average Bonchev–Trinajstić information content (AvgIpc) is 2.20. The van der Waals surface area contributed by atoms with Gasteiger partial charge >= 0.3 is 0 Å². The zero-order chi connectivity index (χ0) is 12.1. The molecule has 0 bridgehead atoms. The summed E-state index contributed by atoms with van der Waals surface area (Å²) in [6.07, 6.45) is 0.596. The average molecular weight is 223 g/mol. The number of benzene rings is 1. The fourth-order valence-corrected chi connectivity index (χ4v) is 1.39. The summed E-state index contributed by atoms with van der Waals surface area (Å²) in [7, 11) is 0. The van der Waals surface area contributed by atoms with Crippen molar-refractivity contribution in [2.75, 3.05) is 0 Å². The highest BCUT2D eigenvalue weighted by Crippen LogP contribution is 2.15. The largest absolute Gasteiger partial charge is 0.491 e. The first kappa shape index (κ1) is 12.5. The van der Waals surface area contributed by atoms with Gasteiger partial charge in [0.15, 0.2) is 0 Å². The molecule has 4 nitrogen and oxygen atoms in total. The van der Waals surface area contributed by atoms with Crippen molar-refractivity contribution >= 4 is 0 Å². The van der Waals surface area contributed by atoms with Gasteiger partial charge in [0.05, 0.1) is 6.10 Å². The predicted molar refractivity (Wildman–Crippen MR) is 62.4 cm³/mol. The second kappa shape index (κ2) is 5.49. The van der Waals surface area contributed by atoms with Crippen molar-refractivity contribution in [2.24, 2.45) is 0 Å². The summed E-state index contributed by atoms with van der Waals surface area (Å²) in [5, 5.41) is 10.5. The summed E-state index contributed by atoms with van der Waals surface area (Å²) >= 11 is 0. The van der Waals surface area contributed by atoms with Crippen LogP contribution in [0.4, 0.5) is 0 Å². The highest BCUT2D eigenvalue weighted by Gasteiger charge is 2.13. The molecular weight excluding hydrogens is 206 g/mol. The molecule has 1 aromatic carbocycles. The molecule has 0 aliphatic rings. The third-order valence-corrected chi connectivity index (χ3v) is 2.19. The number of hydrogen-bond donors (Lipinski definition) is 0. The van der Waals surface area contributed by atoms with Gasteiger partial charge in [-0.25, -0.2) is 0 Å². The van der Waals surface area contributed by atoms with Crippen LogP contribution in [0, 0.1) is 10.1 Å². The van der Waals surface area contributed by atoms with Crippen LogP contribution < -0.4 is 4.74 Å². The minimum Gasteiger partial charge on any atom is -0.491 e. The van der Waals surface area contributed by atoms with Gasteiger partial charge in [-0.15, -0.1) is 0 Å². The van der Waals surface area contributed by atoms with Crippen LogP contribution >= 0.6 is 0 Å². The molecule has 0 heterocycles. The summed E-state index contributed by atoms with van der Waals surface area (Å²) in [6.45, 7) is 5.53. The molecule has 1 rings (SSSR count). The Morgan fingerprint density at radius 1 is 1.25 bits per heavy atom. The molecule has 4 heteroatoms. The van der Waals surface area contributed by atoms with Gasteiger partial charge in [-0.2, -0.15) is 0 Å². The van der Waals surface area contributed by atoms with Gasteiger partial charge in [-0.1, -0.05) is 12.1 Å². The van der Waals surface area contributed by atoms with E-state index in [0.717, 1.165) is 11.3 Å². The van der Waals surface area contributed by atoms with Gasteiger partial charge in [0.25, 0.3) is 0 Å². The Kier molecular flexibility index (Phi) is 4.28. The second-order valence-corrected chi connectivity index (χ2v) is 4.15. The van der Waals surface area contributed by atoms with Gasteiger partial charge < -0.3 is 4.74 Å². The van der Waals surface area contributed by atoms with E-state index in [1.165, 1.54) is 0 Å². The Morgan fingerprint density at radius 2 is 1.81 bits per heavy atom. The lowest BCUT2D eigenvalue weighted by atomic mass is 10.1. The fraction of sp³-hybridized carbons (Fsp3) is 0.500. The fourth-order valence-electron chi connectivity index (χ4n) is 1.39. The molecule has 16 heavy (non-hydrogen) atoms. The summed E-state index contributed by atoms with van der Waals surface area (Å²) < 4.78 is 5.49.